The number of aliphatic imine (C=N–C) groups is 1. The second kappa shape index (κ2) is 5.49. The average Bonchev–Trinajstić information content (AvgIpc) is 2.28. The number of nitriles is 1. The molecule has 8 heteroatoms. The lowest BCUT2D eigenvalue weighted by Crippen LogP contribution is -2.24. The molecule has 0 atom stereocenters. The fourth-order valence-corrected chi connectivity index (χ4v) is 1.12. The van der Waals surface area contributed by atoms with Crippen molar-refractivity contribution in [1.82, 2.24) is 0 Å². The largest absolute Gasteiger partial charge is 0.443 e. The Balaban J connectivity index is 2.81. The smallest absolute Gasteiger partial charge is 0.437 e. The van der Waals surface area contributed by atoms with Gasteiger partial charge in [0.05, 0.1) is 11.3 Å². The molecular weight excluding hydrogens is 241 g/mol. The summed E-state index contributed by atoms with van der Waals surface area (Å²) in [5, 5.41) is 8.62. The molecule has 0 saturated carbocycles. The van der Waals surface area contributed by atoms with Gasteiger partial charge in [0.15, 0.2) is 5.96 Å². The van der Waals surface area contributed by atoms with Crippen LogP contribution in [0.4, 0.5) is 14.9 Å². The Kier molecular flexibility index (Phi) is 4.04. The summed E-state index contributed by atoms with van der Waals surface area (Å²) in [6.45, 7) is -0.392. The van der Waals surface area contributed by atoms with Crippen LogP contribution in [-0.4, -0.2) is 12.1 Å². The van der Waals surface area contributed by atoms with E-state index in [1.807, 2.05) is 0 Å². The van der Waals surface area contributed by atoms with Crippen molar-refractivity contribution in [3.05, 3.63) is 29.1 Å². The highest BCUT2D eigenvalue weighted by Gasteiger charge is 2.10. The average molecular weight is 251 g/mol. The summed E-state index contributed by atoms with van der Waals surface area (Å²) in [7, 11) is 0. The van der Waals surface area contributed by atoms with Gasteiger partial charge in [0.2, 0.25) is 0 Å². The molecule has 0 bridgehead atoms. The van der Waals surface area contributed by atoms with E-state index in [9.17, 15) is 9.18 Å². The van der Waals surface area contributed by atoms with Crippen LogP contribution in [0.15, 0.2) is 17.1 Å². The molecule has 1 rings (SSSR count). The van der Waals surface area contributed by atoms with Crippen molar-refractivity contribution in [1.29, 1.82) is 5.26 Å². The van der Waals surface area contributed by atoms with Gasteiger partial charge in [0, 0.05) is 5.56 Å². The van der Waals surface area contributed by atoms with Gasteiger partial charge in [0.1, 0.15) is 18.5 Å². The van der Waals surface area contributed by atoms with E-state index >= 15 is 0 Å². The monoisotopic (exact) mass is 251 g/mol. The van der Waals surface area contributed by atoms with Crippen LogP contribution in [0.25, 0.3) is 0 Å². The first-order valence-electron chi connectivity index (χ1n) is 4.68. The van der Waals surface area contributed by atoms with Crippen LogP contribution in [0.3, 0.4) is 0 Å². The van der Waals surface area contributed by atoms with E-state index in [0.29, 0.717) is 0 Å². The van der Waals surface area contributed by atoms with Gasteiger partial charge in [-0.05, 0) is 12.1 Å². The molecule has 0 heterocycles. The third-order valence-electron chi connectivity index (χ3n) is 1.91. The number of guanidine groups is 1. The van der Waals surface area contributed by atoms with Crippen LogP contribution >= 0.6 is 0 Å². The summed E-state index contributed by atoms with van der Waals surface area (Å²) in [6, 6.07) is 3.89. The molecular formula is C10H10FN5O2. The van der Waals surface area contributed by atoms with Gasteiger partial charge in [0.25, 0.3) is 0 Å². The maximum Gasteiger partial charge on any atom is 0.437 e. The van der Waals surface area contributed by atoms with Crippen LogP contribution in [0.5, 0.6) is 0 Å². The quantitative estimate of drug-likeness (QED) is 0.389. The summed E-state index contributed by atoms with van der Waals surface area (Å²) in [5.74, 6) is -1.17. The van der Waals surface area contributed by atoms with Crippen LogP contribution < -0.4 is 17.2 Å². The van der Waals surface area contributed by atoms with Gasteiger partial charge in [-0.15, -0.1) is 4.99 Å². The van der Waals surface area contributed by atoms with E-state index < -0.39 is 24.5 Å². The number of ether oxygens (including phenoxy) is 1. The van der Waals surface area contributed by atoms with E-state index in [-0.39, 0.29) is 16.8 Å². The number of carbonyl (C=O) groups excluding carboxylic acids is 1. The van der Waals surface area contributed by atoms with E-state index in [4.69, 9.17) is 22.5 Å². The maximum absolute atomic E-state index is 13.4. The number of nitrogen functional groups attached to an aromatic ring is 1. The number of halogens is 1. The number of nitrogens with two attached hydrogens (primary N) is 3. The Labute approximate surface area is 102 Å². The lowest BCUT2D eigenvalue weighted by Gasteiger charge is -2.06. The Morgan fingerprint density at radius 2 is 2.17 bits per heavy atom. The van der Waals surface area contributed by atoms with Gasteiger partial charge >= 0.3 is 6.09 Å². The van der Waals surface area contributed by atoms with Crippen molar-refractivity contribution >= 4 is 17.7 Å². The lowest BCUT2D eigenvalue weighted by molar-refractivity contribution is 0.149. The van der Waals surface area contributed by atoms with Gasteiger partial charge < -0.3 is 21.9 Å². The highest BCUT2D eigenvalue weighted by Crippen LogP contribution is 2.18. The van der Waals surface area contributed by atoms with Crippen LogP contribution in [0.1, 0.15) is 11.1 Å². The molecule has 18 heavy (non-hydrogen) atoms. The summed E-state index contributed by atoms with van der Waals surface area (Å²) >= 11 is 0. The summed E-state index contributed by atoms with van der Waals surface area (Å²) in [6.07, 6.45) is -1.04. The summed E-state index contributed by atoms with van der Waals surface area (Å²) in [5.41, 5.74) is 15.5. The number of carbonyl (C=O) groups is 1. The Morgan fingerprint density at radius 1 is 1.50 bits per heavy atom. The minimum atomic E-state index is -1.04. The predicted molar refractivity (Wildman–Crippen MR) is 61.5 cm³/mol. The summed E-state index contributed by atoms with van der Waals surface area (Å²) in [4.78, 5) is 14.1. The van der Waals surface area contributed by atoms with Crippen molar-refractivity contribution in [2.24, 2.45) is 16.5 Å². The van der Waals surface area contributed by atoms with E-state index in [1.165, 1.54) is 6.07 Å². The number of rotatable bonds is 2. The van der Waals surface area contributed by atoms with Gasteiger partial charge in [-0.3, -0.25) is 0 Å². The van der Waals surface area contributed by atoms with Crippen LogP contribution in [0.2, 0.25) is 0 Å². The van der Waals surface area contributed by atoms with Crippen molar-refractivity contribution < 1.29 is 13.9 Å². The van der Waals surface area contributed by atoms with Crippen molar-refractivity contribution in [2.75, 3.05) is 5.73 Å². The summed E-state index contributed by atoms with van der Waals surface area (Å²) < 4.78 is 18.0. The zero-order chi connectivity index (χ0) is 13.7. The maximum atomic E-state index is 13.4. The molecule has 1 aromatic carbocycles. The number of nitrogens with zero attached hydrogens (tertiary/aromatic N) is 2. The normalized spacial score (nSPS) is 9.33. The SMILES string of the molecule is N#Cc1cc(F)c(COC(=O)N=C(N)N)cc1N. The fraction of sp³-hybridized carbons (Fsp3) is 0.100. The van der Waals surface area contributed by atoms with Gasteiger partial charge in [-0.25, -0.2) is 9.18 Å². The lowest BCUT2D eigenvalue weighted by atomic mass is 10.1. The topological polar surface area (TPSA) is 141 Å². The number of amides is 1. The van der Waals surface area contributed by atoms with E-state index in [2.05, 4.69) is 9.73 Å². The minimum Gasteiger partial charge on any atom is -0.443 e. The zero-order valence-corrected chi connectivity index (χ0v) is 9.18. The number of benzene rings is 1. The second-order valence-corrected chi connectivity index (χ2v) is 3.23. The standard InChI is InChI=1S/C10H10FN5O2/c11-7-1-5(3-12)8(13)2-6(7)4-18-10(17)16-9(14)15/h1-2H,4,13H2,(H4,14,15,16,17). The molecule has 7 nitrogen and oxygen atoms in total. The predicted octanol–water partition coefficient (Wildman–Crippen LogP) is 0.190. The molecule has 1 amide bonds. The molecule has 0 aliphatic heterocycles. The molecule has 0 aliphatic rings. The first kappa shape index (κ1) is 13.2. The molecule has 0 aliphatic carbocycles. The molecule has 0 fully saturated rings. The molecule has 0 radical (unpaired) electrons. The highest BCUT2D eigenvalue weighted by molar-refractivity contribution is 5.87. The van der Waals surface area contributed by atoms with E-state index in [1.54, 1.807) is 6.07 Å². The minimum absolute atomic E-state index is 0.00630. The molecule has 6 N–H and O–H groups in total. The molecule has 94 valence electrons. The third kappa shape index (κ3) is 3.34. The molecule has 0 saturated heterocycles. The first-order valence-corrected chi connectivity index (χ1v) is 4.68. The molecule has 1 aromatic rings. The molecule has 0 spiro atoms. The zero-order valence-electron chi connectivity index (χ0n) is 9.18. The van der Waals surface area contributed by atoms with Gasteiger partial charge in [-0.1, -0.05) is 0 Å². The Hall–Kier alpha value is -2.82. The Bertz CT molecular complexity index is 546. The fourth-order valence-electron chi connectivity index (χ4n) is 1.12. The molecule has 0 aromatic heterocycles. The number of hydrogen-bond donors (Lipinski definition) is 3. The number of anilines is 1. The van der Waals surface area contributed by atoms with Crippen molar-refractivity contribution in [2.45, 2.75) is 6.61 Å². The highest BCUT2D eigenvalue weighted by atomic mass is 19.1. The van der Waals surface area contributed by atoms with Crippen molar-refractivity contribution in [3.63, 3.8) is 0 Å². The molecule has 0 unspecified atom stereocenters. The second-order valence-electron chi connectivity index (χ2n) is 3.23. The first-order chi connectivity index (χ1) is 8.43. The van der Waals surface area contributed by atoms with Crippen molar-refractivity contribution in [3.8, 4) is 6.07 Å². The Morgan fingerprint density at radius 3 is 2.72 bits per heavy atom. The van der Waals surface area contributed by atoms with Crippen LogP contribution in [-0.2, 0) is 11.3 Å². The van der Waals surface area contributed by atoms with E-state index in [0.717, 1.165) is 6.07 Å². The number of hydrogen-bond acceptors (Lipinski definition) is 4. The van der Waals surface area contributed by atoms with Crippen LogP contribution in [0, 0.1) is 17.1 Å². The third-order valence-corrected chi connectivity index (χ3v) is 1.91. The van der Waals surface area contributed by atoms with Gasteiger partial charge in [-0.2, -0.15) is 5.26 Å².